The smallest absolute Gasteiger partial charge is 0.254 e. The van der Waals surface area contributed by atoms with E-state index in [-0.39, 0.29) is 23.6 Å². The first-order valence-electron chi connectivity index (χ1n) is 9.30. The lowest BCUT2D eigenvalue weighted by atomic mass is 9.94. The van der Waals surface area contributed by atoms with Crippen LogP contribution in [0.1, 0.15) is 51.4 Å². The Bertz CT molecular complexity index is 816. The van der Waals surface area contributed by atoms with Crippen molar-refractivity contribution in [1.82, 2.24) is 15.0 Å². The van der Waals surface area contributed by atoms with Gasteiger partial charge in [0.15, 0.2) is 11.5 Å². The molecule has 1 aliphatic rings. The fourth-order valence-corrected chi connectivity index (χ4v) is 3.47. The minimum Gasteiger partial charge on any atom is -0.351 e. The van der Waals surface area contributed by atoms with Crippen LogP contribution in [0.4, 0.5) is 20.7 Å². The third kappa shape index (κ3) is 5.05. The molecule has 5 nitrogen and oxygen atoms in total. The number of nitrogens with one attached hydrogen (secondary N) is 1. The molecule has 1 fully saturated rings. The molecule has 1 aromatic carbocycles. The molecule has 2 unspecified atom stereocenters. The van der Waals surface area contributed by atoms with Crippen molar-refractivity contribution in [2.24, 2.45) is 10.9 Å². The van der Waals surface area contributed by atoms with Gasteiger partial charge in [-0.25, -0.2) is 13.8 Å². The Morgan fingerprint density at radius 3 is 2.78 bits per heavy atom. The second kappa shape index (κ2) is 8.06. The number of aliphatic imine (C=N–C) groups is 1. The highest BCUT2D eigenvalue weighted by molar-refractivity contribution is 5.57. The first-order valence-corrected chi connectivity index (χ1v) is 9.30. The van der Waals surface area contributed by atoms with Gasteiger partial charge in [0.05, 0.1) is 0 Å². The zero-order valence-corrected chi connectivity index (χ0v) is 15.9. The van der Waals surface area contributed by atoms with Crippen molar-refractivity contribution < 1.29 is 8.78 Å². The number of benzene rings is 1. The Morgan fingerprint density at radius 1 is 1.26 bits per heavy atom. The fourth-order valence-electron chi connectivity index (χ4n) is 3.47. The molecule has 1 heterocycles. The average molecular weight is 373 g/mol. The van der Waals surface area contributed by atoms with Crippen molar-refractivity contribution in [3.05, 3.63) is 41.5 Å². The van der Waals surface area contributed by atoms with Crippen molar-refractivity contribution in [1.29, 1.82) is 0 Å². The zero-order valence-electron chi connectivity index (χ0n) is 15.9. The van der Waals surface area contributed by atoms with Crippen LogP contribution in [-0.2, 0) is 12.1 Å². The van der Waals surface area contributed by atoms with E-state index in [2.05, 4.69) is 25.3 Å². The molecule has 1 saturated carbocycles. The summed E-state index contributed by atoms with van der Waals surface area (Å²) in [5.41, 5.74) is -0.709. The predicted molar refractivity (Wildman–Crippen MR) is 103 cm³/mol. The number of rotatable bonds is 6. The second-order valence-electron chi connectivity index (χ2n) is 7.42. The number of anilines is 1. The molecule has 0 spiro atoms. The standard InChI is InChI=1S/C20H25F2N5/c1-4-23-18-25-17(20(2,3)22)26-19(27-18)24-16-10-6-8-14(16)11-13-7-5-9-15(21)12-13/h4-5,7,9,12,14,16H,6,8,10-11H2,1-3H3,(H,24,25,26,27). The number of halogens is 2. The molecule has 7 heteroatoms. The molecule has 0 bridgehead atoms. The van der Waals surface area contributed by atoms with Crippen LogP contribution in [-0.4, -0.2) is 27.2 Å². The minimum atomic E-state index is -1.69. The van der Waals surface area contributed by atoms with Gasteiger partial charge in [0, 0.05) is 12.3 Å². The predicted octanol–water partition coefficient (Wildman–Crippen LogP) is 4.76. The van der Waals surface area contributed by atoms with E-state index in [1.807, 2.05) is 6.07 Å². The Balaban J connectivity index is 1.79. The van der Waals surface area contributed by atoms with Gasteiger partial charge in [0.1, 0.15) is 5.82 Å². The maximum atomic E-state index is 14.4. The largest absolute Gasteiger partial charge is 0.351 e. The molecule has 1 aliphatic carbocycles. The van der Waals surface area contributed by atoms with E-state index in [4.69, 9.17) is 0 Å². The van der Waals surface area contributed by atoms with Crippen LogP contribution in [0.3, 0.4) is 0 Å². The monoisotopic (exact) mass is 373 g/mol. The molecule has 0 aliphatic heterocycles. The van der Waals surface area contributed by atoms with Crippen LogP contribution in [0, 0.1) is 11.7 Å². The van der Waals surface area contributed by atoms with E-state index in [1.165, 1.54) is 19.9 Å². The molecule has 3 rings (SSSR count). The average Bonchev–Trinajstić information content (AvgIpc) is 3.01. The minimum absolute atomic E-state index is 0.0558. The van der Waals surface area contributed by atoms with Crippen molar-refractivity contribution >= 4 is 18.1 Å². The molecule has 2 aromatic rings. The second-order valence-corrected chi connectivity index (χ2v) is 7.42. The lowest BCUT2D eigenvalue weighted by Gasteiger charge is -2.22. The molecular formula is C20H25F2N5. The quantitative estimate of drug-likeness (QED) is 0.742. The van der Waals surface area contributed by atoms with Gasteiger partial charge in [-0.2, -0.15) is 15.0 Å². The Labute approximate surface area is 158 Å². The van der Waals surface area contributed by atoms with E-state index in [1.54, 1.807) is 25.3 Å². The fraction of sp³-hybridized carbons (Fsp3) is 0.500. The van der Waals surface area contributed by atoms with Crippen LogP contribution < -0.4 is 5.32 Å². The van der Waals surface area contributed by atoms with Crippen molar-refractivity contribution in [2.75, 3.05) is 5.32 Å². The molecule has 1 aromatic heterocycles. The van der Waals surface area contributed by atoms with Gasteiger partial charge in [-0.3, -0.25) is 0 Å². The summed E-state index contributed by atoms with van der Waals surface area (Å²) in [6, 6.07) is 6.85. The summed E-state index contributed by atoms with van der Waals surface area (Å²) in [4.78, 5) is 16.7. The molecule has 144 valence electrons. The van der Waals surface area contributed by atoms with Crippen molar-refractivity contribution in [2.45, 2.75) is 58.2 Å². The molecule has 0 saturated heterocycles. The summed E-state index contributed by atoms with van der Waals surface area (Å²) in [7, 11) is 0. The zero-order chi connectivity index (χ0) is 19.4. The Hall–Kier alpha value is -2.44. The van der Waals surface area contributed by atoms with Gasteiger partial charge in [-0.05, 0) is 63.6 Å². The van der Waals surface area contributed by atoms with E-state index in [0.717, 1.165) is 31.2 Å². The number of hydrogen-bond acceptors (Lipinski definition) is 5. The number of hydrogen-bond donors (Lipinski definition) is 1. The summed E-state index contributed by atoms with van der Waals surface area (Å²) in [6.07, 6.45) is 5.43. The number of alkyl halides is 1. The molecule has 27 heavy (non-hydrogen) atoms. The highest BCUT2D eigenvalue weighted by Gasteiger charge is 2.30. The number of nitrogens with zero attached hydrogens (tertiary/aromatic N) is 4. The lowest BCUT2D eigenvalue weighted by Crippen LogP contribution is -2.27. The van der Waals surface area contributed by atoms with Gasteiger partial charge in [-0.1, -0.05) is 18.6 Å². The van der Waals surface area contributed by atoms with Gasteiger partial charge in [0.25, 0.3) is 5.95 Å². The number of aromatic nitrogens is 3. The Kier molecular flexibility index (Phi) is 5.77. The van der Waals surface area contributed by atoms with Crippen LogP contribution in [0.15, 0.2) is 29.3 Å². The van der Waals surface area contributed by atoms with Crippen LogP contribution in [0.25, 0.3) is 0 Å². The SMILES string of the molecule is CC=Nc1nc(NC2CCCC2Cc2cccc(F)c2)nc(C(C)(C)F)n1. The highest BCUT2D eigenvalue weighted by Crippen LogP contribution is 2.31. The summed E-state index contributed by atoms with van der Waals surface area (Å²) in [5, 5.41) is 3.34. The van der Waals surface area contributed by atoms with Gasteiger partial charge in [0.2, 0.25) is 5.95 Å². The molecule has 0 amide bonds. The molecule has 2 atom stereocenters. The van der Waals surface area contributed by atoms with Crippen molar-refractivity contribution in [3.63, 3.8) is 0 Å². The maximum Gasteiger partial charge on any atom is 0.254 e. The van der Waals surface area contributed by atoms with Crippen molar-refractivity contribution in [3.8, 4) is 0 Å². The van der Waals surface area contributed by atoms with Gasteiger partial charge < -0.3 is 5.32 Å². The summed E-state index contributed by atoms with van der Waals surface area (Å²) < 4.78 is 27.8. The molecule has 1 N–H and O–H groups in total. The summed E-state index contributed by atoms with van der Waals surface area (Å²) >= 11 is 0. The van der Waals surface area contributed by atoms with Crippen LogP contribution in [0.2, 0.25) is 0 Å². The first-order chi connectivity index (χ1) is 12.8. The lowest BCUT2D eigenvalue weighted by molar-refractivity contribution is 0.206. The maximum absolute atomic E-state index is 14.4. The van der Waals surface area contributed by atoms with Crippen LogP contribution in [0.5, 0.6) is 0 Å². The van der Waals surface area contributed by atoms with E-state index in [9.17, 15) is 8.78 Å². The third-order valence-electron chi connectivity index (χ3n) is 4.76. The van der Waals surface area contributed by atoms with E-state index >= 15 is 0 Å². The highest BCUT2D eigenvalue weighted by atomic mass is 19.1. The first kappa shape index (κ1) is 19.3. The topological polar surface area (TPSA) is 63.1 Å². The van der Waals surface area contributed by atoms with Gasteiger partial charge >= 0.3 is 0 Å². The summed E-state index contributed by atoms with van der Waals surface area (Å²) in [5.74, 6) is 0.700. The Morgan fingerprint density at radius 2 is 2.07 bits per heavy atom. The molecular weight excluding hydrogens is 348 g/mol. The third-order valence-corrected chi connectivity index (χ3v) is 4.76. The van der Waals surface area contributed by atoms with E-state index in [0.29, 0.717) is 11.9 Å². The van der Waals surface area contributed by atoms with Crippen LogP contribution >= 0.6 is 0 Å². The summed E-state index contributed by atoms with van der Waals surface area (Å²) in [6.45, 7) is 4.57. The normalized spacial score (nSPS) is 20.3. The molecule has 0 radical (unpaired) electrons. The van der Waals surface area contributed by atoms with E-state index < -0.39 is 5.67 Å². The van der Waals surface area contributed by atoms with Gasteiger partial charge in [-0.15, -0.1) is 0 Å².